The van der Waals surface area contributed by atoms with Crippen LogP contribution in [0.1, 0.15) is 45.0 Å². The molecule has 3 N–H and O–H groups in total. The highest BCUT2D eigenvalue weighted by atomic mass is 32.1. The Morgan fingerprint density at radius 2 is 1.77 bits per heavy atom. The van der Waals surface area contributed by atoms with Crippen LogP contribution in [0.4, 0.5) is 11.4 Å². The Labute approximate surface area is 187 Å². The van der Waals surface area contributed by atoms with Gasteiger partial charge in [0, 0.05) is 42.8 Å². The first-order chi connectivity index (χ1) is 14.8. The van der Waals surface area contributed by atoms with Gasteiger partial charge in [0.1, 0.15) is 0 Å². The molecule has 0 atom stereocenters. The van der Waals surface area contributed by atoms with Gasteiger partial charge in [-0.15, -0.1) is 11.3 Å². The number of piperidine rings is 1. The predicted octanol–water partition coefficient (Wildman–Crippen LogP) is 4.62. The number of benzene rings is 1. The highest BCUT2D eigenvalue weighted by Crippen LogP contribution is 2.39. The molecule has 0 aliphatic carbocycles. The predicted molar refractivity (Wildman–Crippen MR) is 128 cm³/mol. The van der Waals surface area contributed by atoms with Crippen molar-refractivity contribution in [1.29, 1.82) is 0 Å². The number of nitrogens with zero attached hydrogens (tertiary/aromatic N) is 3. The summed E-state index contributed by atoms with van der Waals surface area (Å²) in [6, 6.07) is 6.27. The highest BCUT2D eigenvalue weighted by Gasteiger charge is 2.26. The molecule has 0 saturated carbocycles. The number of thiazole rings is 1. The Kier molecular flexibility index (Phi) is 6.07. The van der Waals surface area contributed by atoms with Crippen molar-refractivity contribution in [2.24, 2.45) is 5.73 Å². The standard InChI is InChI=1S/C24H29N5OS/c1-14-9-15(2)11-19(10-14)28-24(30)21-13-26-12-20(23-16(3)27-17(4)31-23)22(21)29-7-5-18(25)6-8-29/h9-13,18H,5-8,25H2,1-4H3,(H,28,30). The van der Waals surface area contributed by atoms with Crippen LogP contribution >= 0.6 is 11.3 Å². The van der Waals surface area contributed by atoms with Gasteiger partial charge in [-0.3, -0.25) is 9.78 Å². The normalized spacial score (nSPS) is 14.7. The van der Waals surface area contributed by atoms with Crippen molar-refractivity contribution >= 4 is 28.6 Å². The van der Waals surface area contributed by atoms with Gasteiger partial charge in [0.25, 0.3) is 5.91 Å². The first kappa shape index (κ1) is 21.5. The number of aryl methyl sites for hydroxylation is 4. The van der Waals surface area contributed by atoms with Crippen LogP contribution in [0.5, 0.6) is 0 Å². The number of aromatic nitrogens is 2. The van der Waals surface area contributed by atoms with Gasteiger partial charge in [0.05, 0.1) is 26.8 Å². The number of amides is 1. The van der Waals surface area contributed by atoms with Crippen molar-refractivity contribution in [1.82, 2.24) is 9.97 Å². The molecular formula is C24H29N5OS. The number of carbonyl (C=O) groups excluding carboxylic acids is 1. The third-order valence-corrected chi connectivity index (χ3v) is 6.75. The molecule has 1 fully saturated rings. The van der Waals surface area contributed by atoms with Crippen LogP contribution in [-0.2, 0) is 0 Å². The fourth-order valence-electron chi connectivity index (χ4n) is 4.28. The average Bonchev–Trinajstić information content (AvgIpc) is 3.05. The minimum atomic E-state index is -0.150. The van der Waals surface area contributed by atoms with Crippen molar-refractivity contribution in [2.75, 3.05) is 23.3 Å². The third-order valence-electron chi connectivity index (χ3n) is 5.65. The molecule has 0 spiro atoms. The van der Waals surface area contributed by atoms with Crippen molar-refractivity contribution in [3.05, 3.63) is 58.0 Å². The van der Waals surface area contributed by atoms with Crippen molar-refractivity contribution < 1.29 is 4.79 Å². The topological polar surface area (TPSA) is 84.1 Å². The molecule has 6 nitrogen and oxygen atoms in total. The Balaban J connectivity index is 1.78. The summed E-state index contributed by atoms with van der Waals surface area (Å²) < 4.78 is 0. The summed E-state index contributed by atoms with van der Waals surface area (Å²) >= 11 is 1.64. The number of nitrogens with two attached hydrogens (primary N) is 1. The van der Waals surface area contributed by atoms with Crippen LogP contribution in [0, 0.1) is 27.7 Å². The summed E-state index contributed by atoms with van der Waals surface area (Å²) in [4.78, 5) is 25.8. The van der Waals surface area contributed by atoms with Crippen LogP contribution in [0.2, 0.25) is 0 Å². The van der Waals surface area contributed by atoms with E-state index in [1.165, 1.54) is 0 Å². The average molecular weight is 436 g/mol. The summed E-state index contributed by atoms with van der Waals surface area (Å²) in [5, 5.41) is 4.09. The zero-order chi connectivity index (χ0) is 22.1. The Morgan fingerprint density at radius 3 is 2.39 bits per heavy atom. The fraction of sp³-hybridized carbons (Fsp3) is 0.375. The quantitative estimate of drug-likeness (QED) is 0.625. The molecule has 3 heterocycles. The van der Waals surface area contributed by atoms with Crippen LogP contribution in [0.15, 0.2) is 30.6 Å². The Hall–Kier alpha value is -2.77. The van der Waals surface area contributed by atoms with Gasteiger partial charge in [-0.25, -0.2) is 4.98 Å². The second-order valence-electron chi connectivity index (χ2n) is 8.39. The summed E-state index contributed by atoms with van der Waals surface area (Å²) in [6.07, 6.45) is 5.34. The molecule has 0 bridgehead atoms. The maximum Gasteiger partial charge on any atom is 0.259 e. The van der Waals surface area contributed by atoms with Crippen LogP contribution < -0.4 is 16.0 Å². The van der Waals surface area contributed by atoms with E-state index < -0.39 is 0 Å². The largest absolute Gasteiger partial charge is 0.370 e. The van der Waals surface area contributed by atoms with E-state index in [1.54, 1.807) is 17.5 Å². The summed E-state index contributed by atoms with van der Waals surface area (Å²) in [5.41, 5.74) is 12.6. The minimum Gasteiger partial charge on any atom is -0.370 e. The number of hydrogen-bond donors (Lipinski definition) is 2. The van der Waals surface area contributed by atoms with E-state index in [4.69, 9.17) is 5.73 Å². The lowest BCUT2D eigenvalue weighted by Gasteiger charge is -2.34. The molecule has 1 aliphatic rings. The maximum atomic E-state index is 13.4. The molecule has 0 radical (unpaired) electrons. The summed E-state index contributed by atoms with van der Waals surface area (Å²) in [5.74, 6) is -0.150. The van der Waals surface area contributed by atoms with Gasteiger partial charge in [0.2, 0.25) is 0 Å². The van der Waals surface area contributed by atoms with Crippen molar-refractivity contribution in [2.45, 2.75) is 46.6 Å². The Bertz CT molecular complexity index is 1090. The van der Waals surface area contributed by atoms with Gasteiger partial charge in [0.15, 0.2) is 0 Å². The Morgan fingerprint density at radius 1 is 1.10 bits per heavy atom. The fourth-order valence-corrected chi connectivity index (χ4v) is 5.21. The minimum absolute atomic E-state index is 0.150. The van der Waals surface area contributed by atoms with Crippen molar-refractivity contribution in [3.63, 3.8) is 0 Å². The van der Waals surface area contributed by atoms with E-state index in [0.29, 0.717) is 5.56 Å². The molecule has 7 heteroatoms. The molecule has 162 valence electrons. The first-order valence-electron chi connectivity index (χ1n) is 10.6. The van der Waals surface area contributed by atoms with Crippen molar-refractivity contribution in [3.8, 4) is 10.4 Å². The molecular weight excluding hydrogens is 406 g/mol. The lowest BCUT2D eigenvalue weighted by Crippen LogP contribution is -2.40. The monoisotopic (exact) mass is 435 g/mol. The number of hydrogen-bond acceptors (Lipinski definition) is 6. The molecule has 2 aromatic heterocycles. The van der Waals surface area contributed by atoms with Gasteiger partial charge in [-0.1, -0.05) is 6.07 Å². The number of nitrogens with one attached hydrogen (secondary N) is 1. The molecule has 3 aromatic rings. The van der Waals surface area contributed by atoms with E-state index in [2.05, 4.69) is 26.3 Å². The van der Waals surface area contributed by atoms with E-state index in [9.17, 15) is 4.79 Å². The first-order valence-corrected chi connectivity index (χ1v) is 11.5. The molecule has 0 unspecified atom stereocenters. The lowest BCUT2D eigenvalue weighted by atomic mass is 10.0. The molecule has 1 saturated heterocycles. The zero-order valence-electron chi connectivity index (χ0n) is 18.5. The van der Waals surface area contributed by atoms with Gasteiger partial charge in [-0.2, -0.15) is 0 Å². The molecule has 1 amide bonds. The highest BCUT2D eigenvalue weighted by molar-refractivity contribution is 7.15. The summed E-state index contributed by atoms with van der Waals surface area (Å²) in [6.45, 7) is 9.71. The number of rotatable bonds is 4. The number of carbonyl (C=O) groups is 1. The second kappa shape index (κ2) is 8.77. The number of pyridine rings is 1. The second-order valence-corrected chi connectivity index (χ2v) is 9.59. The van der Waals surface area contributed by atoms with E-state index in [-0.39, 0.29) is 11.9 Å². The third kappa shape index (κ3) is 4.62. The van der Waals surface area contributed by atoms with Gasteiger partial charge >= 0.3 is 0 Å². The maximum absolute atomic E-state index is 13.4. The van der Waals surface area contributed by atoms with Gasteiger partial charge in [-0.05, 0) is 63.8 Å². The van der Waals surface area contributed by atoms with Gasteiger partial charge < -0.3 is 16.0 Å². The molecule has 4 rings (SSSR count). The van der Waals surface area contributed by atoms with E-state index >= 15 is 0 Å². The molecule has 1 aromatic carbocycles. The van der Waals surface area contributed by atoms with Crippen LogP contribution in [0.25, 0.3) is 10.4 Å². The lowest BCUT2D eigenvalue weighted by molar-refractivity contribution is 0.102. The van der Waals surface area contributed by atoms with E-state index in [0.717, 1.165) is 69.6 Å². The van der Waals surface area contributed by atoms with Crippen LogP contribution in [-0.4, -0.2) is 35.0 Å². The SMILES string of the molecule is Cc1cc(C)cc(NC(=O)c2cncc(-c3sc(C)nc3C)c2N2CCC(N)CC2)c1. The molecule has 31 heavy (non-hydrogen) atoms. The smallest absolute Gasteiger partial charge is 0.259 e. The van der Waals surface area contributed by atoms with E-state index in [1.807, 2.05) is 46.0 Å². The zero-order valence-corrected chi connectivity index (χ0v) is 19.3. The molecule has 1 aliphatic heterocycles. The number of anilines is 2. The van der Waals surface area contributed by atoms with Crippen LogP contribution in [0.3, 0.4) is 0 Å². The summed E-state index contributed by atoms with van der Waals surface area (Å²) in [7, 11) is 0.